The second-order valence-corrected chi connectivity index (χ2v) is 7.21. The molecule has 5 nitrogen and oxygen atoms in total. The molecule has 0 unspecified atom stereocenters. The topological polar surface area (TPSA) is 49.3 Å². The Morgan fingerprint density at radius 2 is 1.64 bits per heavy atom. The Morgan fingerprint density at radius 3 is 2.20 bits per heavy atom. The van der Waals surface area contributed by atoms with Gasteiger partial charge in [0.2, 0.25) is 11.9 Å². The summed E-state index contributed by atoms with van der Waals surface area (Å²) < 4.78 is 0. The molecule has 1 saturated heterocycles. The van der Waals surface area contributed by atoms with Crippen molar-refractivity contribution in [1.82, 2.24) is 14.9 Å². The number of benzene rings is 1. The van der Waals surface area contributed by atoms with Crippen LogP contribution in [0.5, 0.6) is 0 Å². The molecule has 2 heterocycles. The van der Waals surface area contributed by atoms with E-state index < -0.39 is 0 Å². The summed E-state index contributed by atoms with van der Waals surface area (Å²) in [5, 5.41) is 0.710. The lowest BCUT2D eigenvalue weighted by atomic mass is 9.63. The van der Waals surface area contributed by atoms with E-state index in [1.807, 2.05) is 35.2 Å². The van der Waals surface area contributed by atoms with Crippen LogP contribution in [0, 0.1) is 0 Å². The van der Waals surface area contributed by atoms with Crippen LogP contribution in [-0.4, -0.2) is 47.0 Å². The van der Waals surface area contributed by atoms with E-state index in [9.17, 15) is 4.79 Å². The van der Waals surface area contributed by atoms with Crippen molar-refractivity contribution in [3.8, 4) is 0 Å². The molecular weight excluding hydrogens is 336 g/mol. The SMILES string of the molecule is O=C(N1CCN(c2ncccn2)CC1)C1(c2ccc(Cl)cc2)CCC1. The van der Waals surface area contributed by atoms with E-state index in [0.29, 0.717) is 18.1 Å². The van der Waals surface area contributed by atoms with Crippen LogP contribution in [0.1, 0.15) is 24.8 Å². The standard InChI is InChI=1S/C19H21ClN4O/c20-16-5-3-15(4-6-16)19(7-1-8-19)17(25)23-11-13-24(14-12-23)18-21-9-2-10-22-18/h2-6,9-10H,1,7-8,11-14H2. The molecule has 1 aliphatic carbocycles. The van der Waals surface area contributed by atoms with Crippen molar-refractivity contribution in [2.75, 3.05) is 31.1 Å². The van der Waals surface area contributed by atoms with Crippen molar-refractivity contribution in [3.63, 3.8) is 0 Å². The van der Waals surface area contributed by atoms with Gasteiger partial charge in [-0.05, 0) is 36.6 Å². The lowest BCUT2D eigenvalue weighted by Gasteiger charge is -2.46. The van der Waals surface area contributed by atoms with E-state index in [2.05, 4.69) is 14.9 Å². The molecule has 0 bridgehead atoms. The first-order valence-corrected chi connectivity index (χ1v) is 9.14. The van der Waals surface area contributed by atoms with Crippen LogP contribution in [0.3, 0.4) is 0 Å². The number of hydrogen-bond acceptors (Lipinski definition) is 4. The van der Waals surface area contributed by atoms with Gasteiger partial charge in [0.25, 0.3) is 0 Å². The number of carbonyl (C=O) groups is 1. The Labute approximate surface area is 152 Å². The number of rotatable bonds is 3. The Balaban J connectivity index is 1.47. The molecule has 1 aromatic carbocycles. The van der Waals surface area contributed by atoms with Crippen molar-refractivity contribution in [1.29, 1.82) is 0 Å². The van der Waals surface area contributed by atoms with Crippen molar-refractivity contribution >= 4 is 23.5 Å². The maximum absolute atomic E-state index is 13.3. The maximum Gasteiger partial charge on any atom is 0.233 e. The van der Waals surface area contributed by atoms with Gasteiger partial charge in [-0.1, -0.05) is 30.2 Å². The van der Waals surface area contributed by atoms with E-state index in [1.54, 1.807) is 12.4 Å². The van der Waals surface area contributed by atoms with E-state index in [-0.39, 0.29) is 11.3 Å². The largest absolute Gasteiger partial charge is 0.338 e. The van der Waals surface area contributed by atoms with Gasteiger partial charge in [0.1, 0.15) is 0 Å². The molecule has 0 atom stereocenters. The summed E-state index contributed by atoms with van der Waals surface area (Å²) in [6.45, 7) is 2.97. The van der Waals surface area contributed by atoms with Gasteiger partial charge >= 0.3 is 0 Å². The van der Waals surface area contributed by atoms with Crippen molar-refractivity contribution in [3.05, 3.63) is 53.3 Å². The average molecular weight is 357 g/mol. The van der Waals surface area contributed by atoms with E-state index in [1.165, 1.54) is 0 Å². The van der Waals surface area contributed by atoms with Gasteiger partial charge in [-0.2, -0.15) is 0 Å². The summed E-state index contributed by atoms with van der Waals surface area (Å²) in [4.78, 5) is 26.0. The van der Waals surface area contributed by atoms with Crippen LogP contribution < -0.4 is 4.90 Å². The monoisotopic (exact) mass is 356 g/mol. The number of amides is 1. The smallest absolute Gasteiger partial charge is 0.233 e. The average Bonchev–Trinajstić information content (AvgIpc) is 2.63. The quantitative estimate of drug-likeness (QED) is 0.848. The van der Waals surface area contributed by atoms with E-state index in [0.717, 1.165) is 43.9 Å². The highest BCUT2D eigenvalue weighted by Crippen LogP contribution is 2.45. The van der Waals surface area contributed by atoms with Gasteiger partial charge in [0.15, 0.2) is 0 Å². The molecule has 130 valence electrons. The number of carbonyl (C=O) groups excluding carboxylic acids is 1. The van der Waals surface area contributed by atoms with Gasteiger partial charge in [0.05, 0.1) is 5.41 Å². The molecule has 2 aliphatic rings. The van der Waals surface area contributed by atoms with E-state index >= 15 is 0 Å². The lowest BCUT2D eigenvalue weighted by molar-refractivity contribution is -0.141. The Hall–Kier alpha value is -2.14. The number of piperazine rings is 1. The third kappa shape index (κ3) is 2.97. The number of nitrogens with zero attached hydrogens (tertiary/aromatic N) is 4. The minimum atomic E-state index is -0.351. The normalized spacial score (nSPS) is 19.4. The van der Waals surface area contributed by atoms with E-state index in [4.69, 9.17) is 11.6 Å². The summed E-state index contributed by atoms with van der Waals surface area (Å²) in [5.74, 6) is 1.00. The molecule has 1 aromatic heterocycles. The van der Waals surface area contributed by atoms with Crippen LogP contribution in [0.25, 0.3) is 0 Å². The van der Waals surface area contributed by atoms with Crippen LogP contribution >= 0.6 is 11.6 Å². The first-order valence-electron chi connectivity index (χ1n) is 8.76. The Kier molecular flexibility index (Phi) is 4.34. The fourth-order valence-corrected chi connectivity index (χ4v) is 3.92. The molecular formula is C19H21ClN4O. The van der Waals surface area contributed by atoms with Crippen molar-refractivity contribution < 1.29 is 4.79 Å². The first-order chi connectivity index (χ1) is 12.2. The third-order valence-corrected chi connectivity index (χ3v) is 5.67. The molecule has 2 fully saturated rings. The summed E-state index contributed by atoms with van der Waals surface area (Å²) in [5.41, 5.74) is 0.748. The predicted octanol–water partition coefficient (Wildman–Crippen LogP) is 2.90. The highest BCUT2D eigenvalue weighted by atomic mass is 35.5. The summed E-state index contributed by atoms with van der Waals surface area (Å²) in [7, 11) is 0. The Morgan fingerprint density at radius 1 is 1.00 bits per heavy atom. The molecule has 0 N–H and O–H groups in total. The summed E-state index contributed by atoms with van der Waals surface area (Å²) in [6.07, 6.45) is 6.46. The lowest BCUT2D eigenvalue weighted by Crippen LogP contribution is -2.57. The third-order valence-electron chi connectivity index (χ3n) is 5.42. The fraction of sp³-hybridized carbons (Fsp3) is 0.421. The van der Waals surface area contributed by atoms with Crippen LogP contribution in [-0.2, 0) is 10.2 Å². The summed E-state index contributed by atoms with van der Waals surface area (Å²) >= 11 is 6.01. The molecule has 0 spiro atoms. The van der Waals surface area contributed by atoms with Crippen LogP contribution in [0.2, 0.25) is 5.02 Å². The molecule has 1 amide bonds. The van der Waals surface area contributed by atoms with Gasteiger partial charge in [0, 0.05) is 43.6 Å². The fourth-order valence-electron chi connectivity index (χ4n) is 3.79. The summed E-state index contributed by atoms with van der Waals surface area (Å²) in [6, 6.07) is 9.60. The van der Waals surface area contributed by atoms with Crippen molar-refractivity contribution in [2.45, 2.75) is 24.7 Å². The van der Waals surface area contributed by atoms with Gasteiger partial charge in [-0.25, -0.2) is 9.97 Å². The molecule has 1 saturated carbocycles. The van der Waals surface area contributed by atoms with Crippen LogP contribution in [0.15, 0.2) is 42.7 Å². The van der Waals surface area contributed by atoms with Gasteiger partial charge < -0.3 is 9.80 Å². The minimum Gasteiger partial charge on any atom is -0.338 e. The Bertz CT molecular complexity index is 738. The van der Waals surface area contributed by atoms with Gasteiger partial charge in [-0.15, -0.1) is 0 Å². The zero-order valence-electron chi connectivity index (χ0n) is 14.1. The highest BCUT2D eigenvalue weighted by molar-refractivity contribution is 6.30. The second-order valence-electron chi connectivity index (χ2n) is 6.77. The maximum atomic E-state index is 13.3. The molecule has 25 heavy (non-hydrogen) atoms. The number of anilines is 1. The molecule has 1 aliphatic heterocycles. The molecule has 4 rings (SSSR count). The first kappa shape index (κ1) is 16.3. The number of hydrogen-bond donors (Lipinski definition) is 0. The van der Waals surface area contributed by atoms with Crippen molar-refractivity contribution in [2.24, 2.45) is 0 Å². The highest BCUT2D eigenvalue weighted by Gasteiger charge is 2.48. The zero-order valence-corrected chi connectivity index (χ0v) is 14.8. The number of aromatic nitrogens is 2. The second kappa shape index (κ2) is 6.64. The van der Waals surface area contributed by atoms with Crippen LogP contribution in [0.4, 0.5) is 5.95 Å². The molecule has 0 radical (unpaired) electrons. The molecule has 6 heteroatoms. The zero-order chi connectivity index (χ0) is 17.3. The van der Waals surface area contributed by atoms with Gasteiger partial charge in [-0.3, -0.25) is 4.79 Å². The predicted molar refractivity (Wildman–Crippen MR) is 97.8 cm³/mol. The molecule has 2 aromatic rings. The number of halogens is 1. The minimum absolute atomic E-state index is 0.259.